The van der Waals surface area contributed by atoms with Crippen molar-refractivity contribution in [2.24, 2.45) is 0 Å². The Kier molecular flexibility index (Phi) is 4.29. The van der Waals surface area contributed by atoms with Gasteiger partial charge in [-0.3, -0.25) is 0 Å². The molecule has 3 aromatic rings. The first-order valence-corrected chi connectivity index (χ1v) is 7.58. The van der Waals surface area contributed by atoms with Gasteiger partial charge >= 0.3 is 0 Å². The summed E-state index contributed by atoms with van der Waals surface area (Å²) in [5.74, 6) is -0.250. The lowest BCUT2D eigenvalue weighted by Crippen LogP contribution is -1.91. The van der Waals surface area contributed by atoms with Crippen LogP contribution in [0.2, 0.25) is 5.02 Å². The lowest BCUT2D eigenvalue weighted by atomic mass is 10.0. The van der Waals surface area contributed by atoms with Crippen LogP contribution < -0.4 is 0 Å². The molecular weight excluding hydrogens is 373 g/mol. The van der Waals surface area contributed by atoms with Gasteiger partial charge in [0.05, 0.1) is 17.7 Å². The molecule has 0 amide bonds. The van der Waals surface area contributed by atoms with E-state index in [9.17, 15) is 9.50 Å². The summed E-state index contributed by atoms with van der Waals surface area (Å²) in [7, 11) is 0. The minimum atomic E-state index is -0.460. The Labute approximate surface area is 139 Å². The molecule has 0 saturated heterocycles. The van der Waals surface area contributed by atoms with E-state index in [1.165, 1.54) is 6.07 Å². The van der Waals surface area contributed by atoms with Crippen LogP contribution in [0.25, 0.3) is 22.6 Å². The van der Waals surface area contributed by atoms with Crippen LogP contribution in [0.4, 0.5) is 4.39 Å². The van der Waals surface area contributed by atoms with E-state index in [0.717, 1.165) is 0 Å². The Morgan fingerprint density at radius 1 is 1.23 bits per heavy atom. The van der Waals surface area contributed by atoms with Gasteiger partial charge in [0.15, 0.2) is 5.76 Å². The van der Waals surface area contributed by atoms with Crippen LogP contribution in [0.3, 0.4) is 0 Å². The van der Waals surface area contributed by atoms with Gasteiger partial charge in [-0.1, -0.05) is 44.8 Å². The molecule has 1 heterocycles. The molecule has 1 aromatic heterocycles. The number of hydrogen-bond donors (Lipinski definition) is 1. The van der Waals surface area contributed by atoms with Gasteiger partial charge in [0.2, 0.25) is 0 Å². The predicted octanol–water partition coefficient (Wildman–Crippen LogP) is 5.06. The normalized spacial score (nSPS) is 10.9. The van der Waals surface area contributed by atoms with E-state index in [1.54, 1.807) is 36.4 Å². The van der Waals surface area contributed by atoms with E-state index in [4.69, 9.17) is 16.1 Å². The van der Waals surface area contributed by atoms with Crippen LogP contribution in [-0.2, 0) is 6.61 Å². The Morgan fingerprint density at radius 3 is 2.73 bits per heavy atom. The number of halogens is 3. The van der Waals surface area contributed by atoms with Crippen LogP contribution in [0.1, 0.15) is 5.56 Å². The molecule has 0 atom stereocenters. The summed E-state index contributed by atoms with van der Waals surface area (Å²) >= 11 is 9.17. The summed E-state index contributed by atoms with van der Waals surface area (Å²) in [4.78, 5) is 0. The first-order valence-electron chi connectivity index (χ1n) is 6.41. The second-order valence-corrected chi connectivity index (χ2v) is 5.98. The van der Waals surface area contributed by atoms with Crippen molar-refractivity contribution in [1.82, 2.24) is 5.16 Å². The Morgan fingerprint density at radius 2 is 2.05 bits per heavy atom. The smallest absolute Gasteiger partial charge is 0.175 e. The standard InChI is InChI=1S/C16H10BrClFNO2/c17-10-4-5-12(14(19)7-10)16-13(8-21)15(20-22-16)9-2-1-3-11(18)6-9/h1-7,21H,8H2. The maximum absolute atomic E-state index is 14.1. The fourth-order valence-corrected chi connectivity index (χ4v) is 2.73. The van der Waals surface area contributed by atoms with Gasteiger partial charge in [0.25, 0.3) is 0 Å². The van der Waals surface area contributed by atoms with Crippen molar-refractivity contribution in [3.8, 4) is 22.6 Å². The highest BCUT2D eigenvalue weighted by atomic mass is 79.9. The van der Waals surface area contributed by atoms with E-state index in [1.807, 2.05) is 0 Å². The zero-order chi connectivity index (χ0) is 15.7. The SMILES string of the molecule is OCc1c(-c2cccc(Cl)c2)noc1-c1ccc(Br)cc1F. The topological polar surface area (TPSA) is 46.3 Å². The van der Waals surface area contributed by atoms with Crippen LogP contribution in [-0.4, -0.2) is 10.3 Å². The van der Waals surface area contributed by atoms with Crippen molar-refractivity contribution in [2.75, 3.05) is 0 Å². The number of aliphatic hydroxyl groups excluding tert-OH is 1. The fraction of sp³-hybridized carbons (Fsp3) is 0.0625. The first kappa shape index (κ1) is 15.2. The summed E-state index contributed by atoms with van der Waals surface area (Å²) < 4.78 is 20.0. The van der Waals surface area contributed by atoms with Crippen molar-refractivity contribution in [3.05, 3.63) is 63.3 Å². The van der Waals surface area contributed by atoms with Gasteiger partial charge in [-0.2, -0.15) is 0 Å². The lowest BCUT2D eigenvalue weighted by Gasteiger charge is -2.03. The Bertz CT molecular complexity index is 835. The molecule has 0 unspecified atom stereocenters. The monoisotopic (exact) mass is 381 g/mol. The van der Waals surface area contributed by atoms with E-state index in [-0.39, 0.29) is 17.9 Å². The van der Waals surface area contributed by atoms with Crippen molar-refractivity contribution < 1.29 is 14.0 Å². The molecule has 0 saturated carbocycles. The average molecular weight is 383 g/mol. The van der Waals surface area contributed by atoms with Crippen LogP contribution in [0, 0.1) is 5.82 Å². The molecule has 2 aromatic carbocycles. The molecule has 3 rings (SSSR count). The van der Waals surface area contributed by atoms with Gasteiger partial charge in [-0.25, -0.2) is 4.39 Å². The molecule has 0 aliphatic heterocycles. The molecule has 0 fully saturated rings. The lowest BCUT2D eigenvalue weighted by molar-refractivity contribution is 0.281. The number of aliphatic hydroxyl groups is 1. The summed E-state index contributed by atoms with van der Waals surface area (Å²) in [6.07, 6.45) is 0. The molecule has 22 heavy (non-hydrogen) atoms. The Balaban J connectivity index is 2.15. The zero-order valence-corrected chi connectivity index (χ0v) is 13.5. The molecule has 0 spiro atoms. The van der Waals surface area contributed by atoms with Gasteiger partial charge in [0.1, 0.15) is 11.5 Å². The fourth-order valence-electron chi connectivity index (χ4n) is 2.20. The third-order valence-electron chi connectivity index (χ3n) is 3.22. The summed E-state index contributed by atoms with van der Waals surface area (Å²) in [6, 6.07) is 11.6. The molecule has 1 N–H and O–H groups in total. The third-order valence-corrected chi connectivity index (χ3v) is 3.95. The highest BCUT2D eigenvalue weighted by Gasteiger charge is 2.21. The largest absolute Gasteiger partial charge is 0.391 e. The van der Waals surface area contributed by atoms with E-state index in [2.05, 4.69) is 21.1 Å². The molecule has 112 valence electrons. The highest BCUT2D eigenvalue weighted by molar-refractivity contribution is 9.10. The van der Waals surface area contributed by atoms with E-state index >= 15 is 0 Å². The van der Waals surface area contributed by atoms with Crippen LogP contribution >= 0.6 is 27.5 Å². The maximum Gasteiger partial charge on any atom is 0.175 e. The zero-order valence-electron chi connectivity index (χ0n) is 11.2. The van der Waals surface area contributed by atoms with Crippen molar-refractivity contribution in [1.29, 1.82) is 0 Å². The van der Waals surface area contributed by atoms with E-state index < -0.39 is 5.82 Å². The summed E-state index contributed by atoms with van der Waals surface area (Å²) in [6.45, 7) is -0.323. The number of nitrogens with zero attached hydrogens (tertiary/aromatic N) is 1. The van der Waals surface area contributed by atoms with Crippen LogP contribution in [0.15, 0.2) is 51.5 Å². The first-order chi connectivity index (χ1) is 10.6. The van der Waals surface area contributed by atoms with Crippen molar-refractivity contribution in [2.45, 2.75) is 6.61 Å². The number of rotatable bonds is 3. The molecule has 0 aliphatic rings. The minimum absolute atomic E-state index is 0.211. The molecule has 0 bridgehead atoms. The summed E-state index contributed by atoms with van der Waals surface area (Å²) in [5, 5.41) is 14.2. The number of benzene rings is 2. The molecule has 0 radical (unpaired) electrons. The van der Waals surface area contributed by atoms with Crippen molar-refractivity contribution >= 4 is 27.5 Å². The molecular formula is C16H10BrClFNO2. The number of aromatic nitrogens is 1. The minimum Gasteiger partial charge on any atom is -0.391 e. The van der Waals surface area contributed by atoms with E-state index in [0.29, 0.717) is 26.3 Å². The Hall–Kier alpha value is -1.69. The van der Waals surface area contributed by atoms with Gasteiger partial charge in [0, 0.05) is 15.1 Å². The second kappa shape index (κ2) is 6.20. The van der Waals surface area contributed by atoms with Gasteiger partial charge < -0.3 is 9.63 Å². The maximum atomic E-state index is 14.1. The third kappa shape index (κ3) is 2.79. The van der Waals surface area contributed by atoms with Crippen LogP contribution in [0.5, 0.6) is 0 Å². The van der Waals surface area contributed by atoms with Crippen molar-refractivity contribution in [3.63, 3.8) is 0 Å². The van der Waals surface area contributed by atoms with Gasteiger partial charge in [-0.05, 0) is 30.3 Å². The molecule has 6 heteroatoms. The quantitative estimate of drug-likeness (QED) is 0.689. The molecule has 3 nitrogen and oxygen atoms in total. The summed E-state index contributed by atoms with van der Waals surface area (Å²) in [5.41, 5.74) is 1.81. The molecule has 0 aliphatic carbocycles. The predicted molar refractivity (Wildman–Crippen MR) is 86.0 cm³/mol. The average Bonchev–Trinajstić information content (AvgIpc) is 2.91. The van der Waals surface area contributed by atoms with Gasteiger partial charge in [-0.15, -0.1) is 0 Å². The highest BCUT2D eigenvalue weighted by Crippen LogP contribution is 2.35. The second-order valence-electron chi connectivity index (χ2n) is 4.63. The number of hydrogen-bond acceptors (Lipinski definition) is 3.